The molecule has 4 nitrogen and oxygen atoms in total. The number of aromatic nitrogens is 1. The minimum Gasteiger partial charge on any atom is -0.466 e. The molecule has 0 aliphatic carbocycles. The van der Waals surface area contributed by atoms with E-state index >= 15 is 0 Å². The fraction of sp³-hybridized carbons (Fsp3) is 0.320. The van der Waals surface area contributed by atoms with Crippen LogP contribution in [0.1, 0.15) is 42.0 Å². The number of esters is 1. The third kappa shape index (κ3) is 4.60. The van der Waals surface area contributed by atoms with Crippen molar-refractivity contribution < 1.29 is 9.53 Å². The Morgan fingerprint density at radius 1 is 1.21 bits per heavy atom. The summed E-state index contributed by atoms with van der Waals surface area (Å²) >= 11 is 0. The quantitative estimate of drug-likeness (QED) is 0.451. The van der Waals surface area contributed by atoms with Gasteiger partial charge in [-0.2, -0.15) is 0 Å². The van der Waals surface area contributed by atoms with Crippen molar-refractivity contribution >= 4 is 22.9 Å². The highest BCUT2D eigenvalue weighted by atomic mass is 16.5. The van der Waals surface area contributed by atoms with Crippen LogP contribution in [-0.4, -0.2) is 36.1 Å². The summed E-state index contributed by atoms with van der Waals surface area (Å²) in [6.07, 6.45) is 10.1. The molecule has 1 aliphatic heterocycles. The Morgan fingerprint density at radius 2 is 2.03 bits per heavy atom. The van der Waals surface area contributed by atoms with Crippen molar-refractivity contribution in [3.63, 3.8) is 0 Å². The number of carbonyl (C=O) groups is 1. The molecule has 1 fully saturated rings. The van der Waals surface area contributed by atoms with Gasteiger partial charge in [0.2, 0.25) is 0 Å². The second-order valence-corrected chi connectivity index (χ2v) is 7.68. The van der Waals surface area contributed by atoms with Crippen LogP contribution in [0.2, 0.25) is 0 Å². The Labute approximate surface area is 172 Å². The number of hydrogen-bond acceptors (Lipinski definition) is 3. The molecule has 0 radical (unpaired) electrons. The zero-order valence-corrected chi connectivity index (χ0v) is 16.9. The predicted octanol–water partition coefficient (Wildman–Crippen LogP) is 5.12. The topological polar surface area (TPSA) is 45.3 Å². The smallest absolute Gasteiger partial charge is 0.330 e. The van der Waals surface area contributed by atoms with Gasteiger partial charge in [0.1, 0.15) is 0 Å². The first-order valence-corrected chi connectivity index (χ1v) is 10.4. The summed E-state index contributed by atoms with van der Waals surface area (Å²) < 4.78 is 4.64. The van der Waals surface area contributed by atoms with Crippen molar-refractivity contribution in [1.29, 1.82) is 0 Å². The minimum absolute atomic E-state index is 0.328. The number of carbonyl (C=O) groups excluding carboxylic acids is 1. The van der Waals surface area contributed by atoms with Gasteiger partial charge in [0.25, 0.3) is 0 Å². The zero-order chi connectivity index (χ0) is 20.1. The highest BCUT2D eigenvalue weighted by molar-refractivity contribution is 5.86. The van der Waals surface area contributed by atoms with Crippen LogP contribution in [-0.2, 0) is 16.0 Å². The van der Waals surface area contributed by atoms with Gasteiger partial charge in [-0.15, -0.1) is 0 Å². The molecule has 4 heteroatoms. The normalized spacial score (nSPS) is 17.3. The van der Waals surface area contributed by atoms with E-state index < -0.39 is 0 Å². The monoisotopic (exact) mass is 388 g/mol. The van der Waals surface area contributed by atoms with Crippen molar-refractivity contribution in [3.05, 3.63) is 77.5 Å². The van der Waals surface area contributed by atoms with Crippen LogP contribution in [0, 0.1) is 0 Å². The van der Waals surface area contributed by atoms with Crippen LogP contribution in [0.5, 0.6) is 0 Å². The van der Waals surface area contributed by atoms with E-state index in [0.29, 0.717) is 6.04 Å². The average Bonchev–Trinajstić information content (AvgIpc) is 3.40. The molecule has 0 bridgehead atoms. The van der Waals surface area contributed by atoms with Gasteiger partial charge in [-0.1, -0.05) is 42.5 Å². The summed E-state index contributed by atoms with van der Waals surface area (Å²) in [5.41, 5.74) is 5.02. The number of nitrogens with one attached hydrogen (secondary N) is 1. The van der Waals surface area contributed by atoms with Crippen molar-refractivity contribution in [2.45, 2.75) is 31.7 Å². The predicted molar refractivity (Wildman–Crippen MR) is 118 cm³/mol. The molecular weight excluding hydrogens is 360 g/mol. The molecule has 0 spiro atoms. The molecule has 29 heavy (non-hydrogen) atoms. The van der Waals surface area contributed by atoms with Crippen LogP contribution >= 0.6 is 0 Å². The largest absolute Gasteiger partial charge is 0.466 e. The summed E-state index contributed by atoms with van der Waals surface area (Å²) in [5, 5.41) is 1.35. The van der Waals surface area contributed by atoms with E-state index in [0.717, 1.165) is 24.9 Å². The minimum atomic E-state index is -0.328. The molecule has 0 saturated carbocycles. The maximum absolute atomic E-state index is 11.2. The van der Waals surface area contributed by atoms with Crippen LogP contribution in [0.3, 0.4) is 0 Å². The maximum Gasteiger partial charge on any atom is 0.330 e. The first-order chi connectivity index (χ1) is 14.2. The molecule has 0 amide bonds. The number of likely N-dealkylation sites (tertiary alicyclic amines) is 1. The second kappa shape index (κ2) is 9.10. The van der Waals surface area contributed by atoms with Crippen molar-refractivity contribution in [1.82, 2.24) is 9.88 Å². The molecule has 1 unspecified atom stereocenters. The van der Waals surface area contributed by atoms with Crippen molar-refractivity contribution in [2.75, 3.05) is 20.2 Å². The van der Waals surface area contributed by atoms with E-state index in [1.807, 2.05) is 0 Å². The third-order valence-corrected chi connectivity index (χ3v) is 5.86. The number of methoxy groups -OCH3 is 1. The molecule has 3 aromatic rings. The lowest BCUT2D eigenvalue weighted by Gasteiger charge is -2.25. The van der Waals surface area contributed by atoms with Crippen LogP contribution in [0.15, 0.2) is 60.8 Å². The summed E-state index contributed by atoms with van der Waals surface area (Å²) in [6, 6.07) is 17.6. The molecule has 4 rings (SSSR count). The number of rotatable bonds is 7. The van der Waals surface area contributed by atoms with E-state index in [-0.39, 0.29) is 5.97 Å². The van der Waals surface area contributed by atoms with E-state index in [2.05, 4.69) is 69.3 Å². The molecule has 1 saturated heterocycles. The molecule has 1 atom stereocenters. The molecule has 150 valence electrons. The van der Waals surface area contributed by atoms with E-state index in [9.17, 15) is 4.79 Å². The molecule has 1 N–H and O–H groups in total. The van der Waals surface area contributed by atoms with Gasteiger partial charge in [-0.25, -0.2) is 4.79 Å². The number of H-pyrrole nitrogens is 1. The first kappa shape index (κ1) is 19.5. The summed E-state index contributed by atoms with van der Waals surface area (Å²) in [4.78, 5) is 17.2. The molecular formula is C25H28N2O2. The van der Waals surface area contributed by atoms with Crippen molar-refractivity contribution in [2.24, 2.45) is 0 Å². The van der Waals surface area contributed by atoms with Crippen LogP contribution in [0.25, 0.3) is 17.0 Å². The van der Waals surface area contributed by atoms with Gasteiger partial charge in [-0.3, -0.25) is 4.90 Å². The van der Waals surface area contributed by atoms with E-state index in [1.54, 1.807) is 6.08 Å². The third-order valence-electron chi connectivity index (χ3n) is 5.86. The van der Waals surface area contributed by atoms with Gasteiger partial charge < -0.3 is 9.72 Å². The lowest BCUT2D eigenvalue weighted by atomic mass is 10.0. The molecule has 2 heterocycles. The molecule has 1 aliphatic rings. The number of para-hydroxylation sites is 1. The Balaban J connectivity index is 1.35. The van der Waals surface area contributed by atoms with Crippen molar-refractivity contribution in [3.8, 4) is 0 Å². The van der Waals surface area contributed by atoms with Gasteiger partial charge in [0.15, 0.2) is 0 Å². The number of ether oxygens (including phenoxy) is 1. The van der Waals surface area contributed by atoms with Crippen LogP contribution < -0.4 is 0 Å². The average molecular weight is 389 g/mol. The number of hydrogen-bond donors (Lipinski definition) is 1. The highest BCUT2D eigenvalue weighted by Crippen LogP contribution is 2.32. The van der Waals surface area contributed by atoms with E-state index in [4.69, 9.17) is 0 Å². The van der Waals surface area contributed by atoms with Crippen LogP contribution in [0.4, 0.5) is 0 Å². The number of aryl methyl sites for hydroxylation is 1. The Kier molecular flexibility index (Phi) is 6.11. The Bertz CT molecular complexity index is 987. The maximum atomic E-state index is 11.2. The lowest BCUT2D eigenvalue weighted by molar-refractivity contribution is -0.134. The summed E-state index contributed by atoms with van der Waals surface area (Å²) in [5.74, 6) is -0.328. The number of nitrogens with zero attached hydrogens (tertiary/aromatic N) is 1. The molecule has 2 aromatic carbocycles. The summed E-state index contributed by atoms with van der Waals surface area (Å²) in [6.45, 7) is 2.29. The second-order valence-electron chi connectivity index (χ2n) is 7.68. The molecule has 1 aromatic heterocycles. The standard InChI is InChI=1S/C25H28N2O2/c1-29-25(28)15-12-19-10-13-20(14-11-19)24-9-5-17-27(24)16-4-6-21-18-26-23-8-3-2-7-22(21)23/h2-3,7-8,10-15,18,24,26H,4-6,9,16-17H2,1H3. The van der Waals surface area contributed by atoms with Gasteiger partial charge in [-0.05, 0) is 67.6 Å². The van der Waals surface area contributed by atoms with Gasteiger partial charge in [0.05, 0.1) is 7.11 Å². The Morgan fingerprint density at radius 3 is 2.86 bits per heavy atom. The zero-order valence-electron chi connectivity index (χ0n) is 16.9. The van der Waals surface area contributed by atoms with E-state index in [1.165, 1.54) is 54.6 Å². The summed E-state index contributed by atoms with van der Waals surface area (Å²) in [7, 11) is 1.39. The Hall–Kier alpha value is -2.85. The fourth-order valence-electron chi connectivity index (χ4n) is 4.34. The van der Waals surface area contributed by atoms with Gasteiger partial charge in [0, 0.05) is 29.2 Å². The lowest BCUT2D eigenvalue weighted by Crippen LogP contribution is -2.24. The first-order valence-electron chi connectivity index (χ1n) is 10.4. The SMILES string of the molecule is COC(=O)C=Cc1ccc(C2CCCN2CCCc2c[nH]c3ccccc23)cc1. The highest BCUT2D eigenvalue weighted by Gasteiger charge is 2.25. The number of benzene rings is 2. The van der Waals surface area contributed by atoms with Gasteiger partial charge >= 0.3 is 5.97 Å². The fourth-order valence-corrected chi connectivity index (χ4v) is 4.34. The number of aromatic amines is 1. The number of fused-ring (bicyclic) bond motifs is 1.